The number of hydrogen-bond acceptors (Lipinski definition) is 2. The number of nitrogens with zero attached hydrogens (tertiary/aromatic N) is 1. The van der Waals surface area contributed by atoms with Gasteiger partial charge in [-0.2, -0.15) is 0 Å². The Morgan fingerprint density at radius 1 is 1.50 bits per heavy atom. The first-order valence-electron chi connectivity index (χ1n) is 6.52. The molecule has 1 unspecified atom stereocenters. The summed E-state index contributed by atoms with van der Waals surface area (Å²) in [4.78, 5) is 14.1. The number of hydrogen-bond donors (Lipinski definition) is 1. The zero-order chi connectivity index (χ0) is 11.8. The van der Waals surface area contributed by atoms with Gasteiger partial charge in [-0.05, 0) is 30.6 Å². The maximum absolute atomic E-state index is 12.1. The first-order chi connectivity index (χ1) is 7.50. The van der Waals surface area contributed by atoms with Gasteiger partial charge in [-0.25, -0.2) is 0 Å². The van der Waals surface area contributed by atoms with Crippen molar-refractivity contribution in [3.05, 3.63) is 0 Å². The van der Waals surface area contributed by atoms with Crippen LogP contribution < -0.4 is 5.32 Å². The lowest BCUT2D eigenvalue weighted by atomic mass is 9.70. The average Bonchev–Trinajstić information content (AvgIpc) is 2.47. The van der Waals surface area contributed by atoms with Crippen molar-refractivity contribution in [2.45, 2.75) is 52.5 Å². The molecule has 3 heteroatoms. The normalized spacial score (nSPS) is 28.6. The first kappa shape index (κ1) is 11.9. The molecule has 1 aliphatic carbocycles. The fraction of sp³-hybridized carbons (Fsp3) is 0.923. The minimum absolute atomic E-state index is 0.0728. The third kappa shape index (κ3) is 2.40. The molecule has 1 saturated heterocycles. The van der Waals surface area contributed by atoms with E-state index in [1.54, 1.807) is 0 Å². The molecule has 3 nitrogen and oxygen atoms in total. The van der Waals surface area contributed by atoms with Gasteiger partial charge in [0.25, 0.3) is 0 Å². The van der Waals surface area contributed by atoms with E-state index in [0.29, 0.717) is 17.2 Å². The van der Waals surface area contributed by atoms with Crippen LogP contribution in [-0.2, 0) is 4.79 Å². The van der Waals surface area contributed by atoms with Crippen molar-refractivity contribution in [3.63, 3.8) is 0 Å². The topological polar surface area (TPSA) is 32.3 Å². The summed E-state index contributed by atoms with van der Waals surface area (Å²) in [6.07, 6.45) is 4.87. The Morgan fingerprint density at radius 2 is 2.19 bits per heavy atom. The van der Waals surface area contributed by atoms with Crippen molar-refractivity contribution in [2.75, 3.05) is 13.2 Å². The highest BCUT2D eigenvalue weighted by Gasteiger charge is 2.39. The highest BCUT2D eigenvalue weighted by molar-refractivity contribution is 5.83. The summed E-state index contributed by atoms with van der Waals surface area (Å²) in [7, 11) is 0. The van der Waals surface area contributed by atoms with Gasteiger partial charge in [-0.15, -0.1) is 0 Å². The molecule has 16 heavy (non-hydrogen) atoms. The molecule has 1 N–H and O–H groups in total. The summed E-state index contributed by atoms with van der Waals surface area (Å²) in [5.41, 5.74) is 0.407. The molecule has 0 spiro atoms. The second-order valence-corrected chi connectivity index (χ2v) is 6.24. The van der Waals surface area contributed by atoms with Gasteiger partial charge in [0.1, 0.15) is 0 Å². The minimum atomic E-state index is 0.0728. The monoisotopic (exact) mass is 224 g/mol. The van der Waals surface area contributed by atoms with Crippen LogP contribution in [0.3, 0.4) is 0 Å². The molecule has 0 aromatic carbocycles. The van der Waals surface area contributed by atoms with Crippen LogP contribution in [0.15, 0.2) is 0 Å². The number of carbonyl (C=O) groups is 1. The predicted molar refractivity (Wildman–Crippen MR) is 64.9 cm³/mol. The second kappa shape index (κ2) is 4.36. The minimum Gasteiger partial charge on any atom is -0.328 e. The van der Waals surface area contributed by atoms with E-state index >= 15 is 0 Å². The zero-order valence-corrected chi connectivity index (χ0v) is 10.8. The molecule has 1 amide bonds. The van der Waals surface area contributed by atoms with Crippen LogP contribution in [0, 0.1) is 11.3 Å². The van der Waals surface area contributed by atoms with Crippen molar-refractivity contribution in [1.29, 1.82) is 0 Å². The summed E-state index contributed by atoms with van der Waals surface area (Å²) in [5.74, 6) is 0.905. The highest BCUT2D eigenvalue weighted by Crippen LogP contribution is 2.41. The van der Waals surface area contributed by atoms with Gasteiger partial charge in [-0.1, -0.05) is 27.2 Å². The Kier molecular flexibility index (Phi) is 3.24. The largest absolute Gasteiger partial charge is 0.328 e. The Balaban J connectivity index is 1.86. The smallest absolute Gasteiger partial charge is 0.240 e. The number of rotatable bonds is 4. The lowest BCUT2D eigenvalue weighted by Gasteiger charge is -2.41. The summed E-state index contributed by atoms with van der Waals surface area (Å²) >= 11 is 0. The molecule has 1 saturated carbocycles. The van der Waals surface area contributed by atoms with Crippen LogP contribution in [0.5, 0.6) is 0 Å². The SMILES string of the molecule is CC(C)CC1NCN(CC2(C)CCC2)C1=O. The van der Waals surface area contributed by atoms with Crippen molar-refractivity contribution in [1.82, 2.24) is 10.2 Å². The first-order valence-corrected chi connectivity index (χ1v) is 6.52. The molecule has 0 aromatic rings. The summed E-state index contributed by atoms with van der Waals surface area (Å²) < 4.78 is 0. The van der Waals surface area contributed by atoms with Crippen LogP contribution >= 0.6 is 0 Å². The maximum Gasteiger partial charge on any atom is 0.240 e. The molecule has 0 radical (unpaired) electrons. The highest BCUT2D eigenvalue weighted by atomic mass is 16.2. The van der Waals surface area contributed by atoms with Crippen LogP contribution in [0.1, 0.15) is 46.5 Å². The van der Waals surface area contributed by atoms with Gasteiger partial charge in [0.2, 0.25) is 5.91 Å². The van der Waals surface area contributed by atoms with Crippen LogP contribution in [0.25, 0.3) is 0 Å². The molecule has 92 valence electrons. The third-order valence-electron chi connectivity index (χ3n) is 3.98. The molecular weight excluding hydrogens is 200 g/mol. The summed E-state index contributed by atoms with van der Waals surface area (Å²) in [6.45, 7) is 8.36. The molecule has 1 atom stereocenters. The van der Waals surface area contributed by atoms with Crippen molar-refractivity contribution < 1.29 is 4.79 Å². The van der Waals surface area contributed by atoms with Crippen LogP contribution in [-0.4, -0.2) is 30.1 Å². The van der Waals surface area contributed by atoms with E-state index in [0.717, 1.165) is 19.6 Å². The van der Waals surface area contributed by atoms with Crippen LogP contribution in [0.4, 0.5) is 0 Å². The molecule has 2 rings (SSSR count). The van der Waals surface area contributed by atoms with Crippen molar-refractivity contribution >= 4 is 5.91 Å². The number of nitrogens with one attached hydrogen (secondary N) is 1. The lowest BCUT2D eigenvalue weighted by Crippen LogP contribution is -2.42. The predicted octanol–water partition coefficient (Wildman–Crippen LogP) is 1.98. The molecule has 0 bridgehead atoms. The van der Waals surface area contributed by atoms with Gasteiger partial charge >= 0.3 is 0 Å². The quantitative estimate of drug-likeness (QED) is 0.792. The molecule has 1 heterocycles. The number of carbonyl (C=O) groups excluding carboxylic acids is 1. The van der Waals surface area contributed by atoms with E-state index in [9.17, 15) is 4.79 Å². The van der Waals surface area contributed by atoms with Gasteiger partial charge in [-0.3, -0.25) is 10.1 Å². The fourth-order valence-corrected chi connectivity index (χ4v) is 2.79. The second-order valence-electron chi connectivity index (χ2n) is 6.24. The summed E-state index contributed by atoms with van der Waals surface area (Å²) in [5, 5.41) is 3.33. The van der Waals surface area contributed by atoms with Gasteiger partial charge in [0.15, 0.2) is 0 Å². The summed E-state index contributed by atoms with van der Waals surface area (Å²) in [6, 6.07) is 0.0728. The van der Waals surface area contributed by atoms with E-state index in [4.69, 9.17) is 0 Å². The molecule has 1 aliphatic heterocycles. The standard InChI is InChI=1S/C13H24N2O/c1-10(2)7-11-12(16)15(9-14-11)8-13(3)5-4-6-13/h10-11,14H,4-9H2,1-3H3. The van der Waals surface area contributed by atoms with E-state index < -0.39 is 0 Å². The zero-order valence-electron chi connectivity index (χ0n) is 10.8. The van der Waals surface area contributed by atoms with Gasteiger partial charge < -0.3 is 4.90 Å². The third-order valence-corrected chi connectivity index (χ3v) is 3.98. The maximum atomic E-state index is 12.1. The molecule has 0 aromatic heterocycles. The Labute approximate surface area is 98.6 Å². The van der Waals surface area contributed by atoms with Gasteiger partial charge in [0.05, 0.1) is 12.7 Å². The van der Waals surface area contributed by atoms with E-state index in [2.05, 4.69) is 26.1 Å². The van der Waals surface area contributed by atoms with E-state index in [1.807, 2.05) is 4.90 Å². The Morgan fingerprint density at radius 3 is 2.69 bits per heavy atom. The van der Waals surface area contributed by atoms with Crippen molar-refractivity contribution in [3.8, 4) is 0 Å². The van der Waals surface area contributed by atoms with Crippen molar-refractivity contribution in [2.24, 2.45) is 11.3 Å². The Bertz CT molecular complexity index is 271. The lowest BCUT2D eigenvalue weighted by molar-refractivity contribution is -0.131. The van der Waals surface area contributed by atoms with Gasteiger partial charge in [0, 0.05) is 6.54 Å². The molecular formula is C13H24N2O. The van der Waals surface area contributed by atoms with E-state index in [-0.39, 0.29) is 6.04 Å². The fourth-order valence-electron chi connectivity index (χ4n) is 2.79. The molecule has 2 fully saturated rings. The average molecular weight is 224 g/mol. The Hall–Kier alpha value is -0.570. The van der Waals surface area contributed by atoms with Crippen LogP contribution in [0.2, 0.25) is 0 Å². The number of amides is 1. The molecule has 2 aliphatic rings. The van der Waals surface area contributed by atoms with E-state index in [1.165, 1.54) is 19.3 Å².